The van der Waals surface area contributed by atoms with Gasteiger partial charge in [0, 0.05) is 23.7 Å². The van der Waals surface area contributed by atoms with E-state index in [2.05, 4.69) is 10.6 Å². The Kier molecular flexibility index (Phi) is 8.17. The van der Waals surface area contributed by atoms with Gasteiger partial charge in [0.15, 0.2) is 11.5 Å². The van der Waals surface area contributed by atoms with E-state index in [1.165, 1.54) is 40.8 Å². The van der Waals surface area contributed by atoms with Gasteiger partial charge in [-0.25, -0.2) is 0 Å². The number of rotatable bonds is 10. The van der Waals surface area contributed by atoms with E-state index in [0.717, 1.165) is 0 Å². The number of ether oxygens (including phenoxy) is 4. The van der Waals surface area contributed by atoms with Gasteiger partial charge in [0.25, 0.3) is 11.8 Å². The molecule has 0 aliphatic rings. The predicted molar refractivity (Wildman–Crippen MR) is 125 cm³/mol. The maximum atomic E-state index is 13.0. The monoisotopic (exact) mass is 466 g/mol. The van der Waals surface area contributed by atoms with Crippen molar-refractivity contribution in [2.45, 2.75) is 6.54 Å². The standard InChI is InChI=1S/C25H26N2O7/c1-30-18-10-7-16(8-11-18)24(28)27-20(14-19-6-5-13-34-19)25(29)26-15-17-9-12-21(31-2)23(33-4)22(17)32-3/h5-14H,15H2,1-4H3,(H,26,29)(H,27,28)/b20-14-. The maximum Gasteiger partial charge on any atom is 0.268 e. The van der Waals surface area contributed by atoms with Gasteiger partial charge >= 0.3 is 0 Å². The molecule has 0 unspecified atom stereocenters. The van der Waals surface area contributed by atoms with Gasteiger partial charge in [0.05, 0.1) is 34.7 Å². The van der Waals surface area contributed by atoms with E-state index < -0.39 is 11.8 Å². The number of furan rings is 1. The van der Waals surface area contributed by atoms with Crippen LogP contribution in [0, 0.1) is 0 Å². The van der Waals surface area contributed by atoms with Crippen LogP contribution in [0.3, 0.4) is 0 Å². The van der Waals surface area contributed by atoms with Crippen molar-refractivity contribution in [2.75, 3.05) is 28.4 Å². The summed E-state index contributed by atoms with van der Waals surface area (Å²) in [4.78, 5) is 25.8. The zero-order valence-electron chi connectivity index (χ0n) is 19.3. The average molecular weight is 466 g/mol. The van der Waals surface area contributed by atoms with Crippen molar-refractivity contribution in [1.82, 2.24) is 10.6 Å². The van der Waals surface area contributed by atoms with Crippen LogP contribution in [0.15, 0.2) is 64.9 Å². The summed E-state index contributed by atoms with van der Waals surface area (Å²) in [5.41, 5.74) is 1.03. The molecule has 0 radical (unpaired) electrons. The molecule has 0 spiro atoms. The summed E-state index contributed by atoms with van der Waals surface area (Å²) < 4.78 is 26.6. The van der Waals surface area contributed by atoms with Crippen molar-refractivity contribution in [3.8, 4) is 23.0 Å². The number of hydrogen-bond acceptors (Lipinski definition) is 7. The molecule has 1 aromatic heterocycles. The van der Waals surface area contributed by atoms with Gasteiger partial charge in [0.1, 0.15) is 17.2 Å². The summed E-state index contributed by atoms with van der Waals surface area (Å²) in [5.74, 6) is 1.39. The highest BCUT2D eigenvalue weighted by Crippen LogP contribution is 2.39. The third-order valence-electron chi connectivity index (χ3n) is 4.90. The van der Waals surface area contributed by atoms with Crippen molar-refractivity contribution in [3.05, 3.63) is 77.4 Å². The molecule has 3 aromatic rings. The minimum absolute atomic E-state index is 0.00946. The lowest BCUT2D eigenvalue weighted by Crippen LogP contribution is -2.34. The summed E-state index contributed by atoms with van der Waals surface area (Å²) in [7, 11) is 6.06. The van der Waals surface area contributed by atoms with Crippen LogP contribution in [0.2, 0.25) is 0 Å². The first-order chi connectivity index (χ1) is 16.5. The molecule has 0 aliphatic carbocycles. The quantitative estimate of drug-likeness (QED) is 0.441. The first-order valence-electron chi connectivity index (χ1n) is 10.3. The van der Waals surface area contributed by atoms with Crippen LogP contribution < -0.4 is 29.6 Å². The molecule has 178 valence electrons. The second-order valence-corrected chi connectivity index (χ2v) is 6.93. The minimum atomic E-state index is -0.518. The van der Waals surface area contributed by atoms with Gasteiger partial charge in [-0.05, 0) is 48.5 Å². The molecular weight excluding hydrogens is 440 g/mol. The summed E-state index contributed by atoms with van der Waals surface area (Å²) in [6, 6.07) is 13.4. The Morgan fingerprint density at radius 1 is 0.882 bits per heavy atom. The lowest BCUT2D eigenvalue weighted by Gasteiger charge is -2.16. The second-order valence-electron chi connectivity index (χ2n) is 6.93. The summed E-state index contributed by atoms with van der Waals surface area (Å²) >= 11 is 0. The smallest absolute Gasteiger partial charge is 0.268 e. The fourth-order valence-corrected chi connectivity index (χ4v) is 3.18. The molecule has 3 rings (SSSR count). The average Bonchev–Trinajstić information content (AvgIpc) is 3.39. The molecule has 0 bridgehead atoms. The molecule has 9 heteroatoms. The summed E-state index contributed by atoms with van der Waals surface area (Å²) in [6.45, 7) is 0.107. The fourth-order valence-electron chi connectivity index (χ4n) is 3.18. The number of nitrogens with one attached hydrogen (secondary N) is 2. The van der Waals surface area contributed by atoms with E-state index in [0.29, 0.717) is 39.9 Å². The summed E-state index contributed by atoms with van der Waals surface area (Å²) in [6.07, 6.45) is 2.92. The van der Waals surface area contributed by atoms with Crippen molar-refractivity contribution in [2.24, 2.45) is 0 Å². The number of amides is 2. The maximum absolute atomic E-state index is 13.0. The zero-order valence-corrected chi connectivity index (χ0v) is 19.3. The van der Waals surface area contributed by atoms with Crippen LogP contribution in [0.1, 0.15) is 21.7 Å². The van der Waals surface area contributed by atoms with Gasteiger partial charge in [-0.15, -0.1) is 0 Å². The van der Waals surface area contributed by atoms with E-state index >= 15 is 0 Å². The van der Waals surface area contributed by atoms with E-state index in [4.69, 9.17) is 23.4 Å². The largest absolute Gasteiger partial charge is 0.497 e. The van der Waals surface area contributed by atoms with Gasteiger partial charge in [-0.1, -0.05) is 0 Å². The fraction of sp³-hybridized carbons (Fsp3) is 0.200. The Bertz CT molecular complexity index is 1150. The molecular formula is C25H26N2O7. The Morgan fingerprint density at radius 3 is 2.21 bits per heavy atom. The minimum Gasteiger partial charge on any atom is -0.497 e. The molecule has 0 fully saturated rings. The van der Waals surface area contributed by atoms with Crippen LogP contribution in [-0.4, -0.2) is 40.3 Å². The molecule has 2 N–H and O–H groups in total. The van der Waals surface area contributed by atoms with Gasteiger partial charge in [-0.2, -0.15) is 0 Å². The molecule has 0 aliphatic heterocycles. The Labute approximate surface area is 197 Å². The number of benzene rings is 2. The highest BCUT2D eigenvalue weighted by molar-refractivity contribution is 6.05. The first kappa shape index (κ1) is 24.2. The predicted octanol–water partition coefficient (Wildman–Crippen LogP) is 3.40. The van der Waals surface area contributed by atoms with Crippen LogP contribution >= 0.6 is 0 Å². The number of carbonyl (C=O) groups is 2. The second kappa shape index (κ2) is 11.5. The normalized spacial score (nSPS) is 10.9. The van der Waals surface area contributed by atoms with E-state index in [-0.39, 0.29) is 12.2 Å². The van der Waals surface area contributed by atoms with Gasteiger partial charge in [-0.3, -0.25) is 9.59 Å². The highest BCUT2D eigenvalue weighted by atomic mass is 16.5. The molecule has 1 heterocycles. The Hall–Kier alpha value is -4.40. The van der Waals surface area contributed by atoms with Crippen LogP contribution in [0.25, 0.3) is 6.08 Å². The number of hydrogen-bond donors (Lipinski definition) is 2. The molecule has 0 saturated heterocycles. The lowest BCUT2D eigenvalue weighted by atomic mass is 10.1. The van der Waals surface area contributed by atoms with Crippen molar-refractivity contribution in [3.63, 3.8) is 0 Å². The van der Waals surface area contributed by atoms with E-state index in [9.17, 15) is 9.59 Å². The topological polar surface area (TPSA) is 108 Å². The van der Waals surface area contributed by atoms with Crippen molar-refractivity contribution in [1.29, 1.82) is 0 Å². The van der Waals surface area contributed by atoms with Crippen molar-refractivity contribution < 1.29 is 33.0 Å². The molecule has 0 saturated carbocycles. The molecule has 2 amide bonds. The van der Waals surface area contributed by atoms with E-state index in [1.54, 1.807) is 48.5 Å². The molecule has 2 aromatic carbocycles. The number of carbonyl (C=O) groups excluding carboxylic acids is 2. The molecule has 34 heavy (non-hydrogen) atoms. The highest BCUT2D eigenvalue weighted by Gasteiger charge is 2.19. The van der Waals surface area contributed by atoms with Crippen LogP contribution in [0.5, 0.6) is 23.0 Å². The SMILES string of the molecule is COc1ccc(C(=O)N/C(=C\c2ccco2)C(=O)NCc2ccc(OC)c(OC)c2OC)cc1. The third-order valence-corrected chi connectivity index (χ3v) is 4.90. The van der Waals surface area contributed by atoms with Crippen LogP contribution in [0.4, 0.5) is 0 Å². The van der Waals surface area contributed by atoms with Gasteiger partial charge in [0.2, 0.25) is 5.75 Å². The molecule has 0 atom stereocenters. The van der Waals surface area contributed by atoms with Crippen molar-refractivity contribution >= 4 is 17.9 Å². The summed E-state index contributed by atoms with van der Waals surface area (Å²) in [5, 5.41) is 5.44. The first-order valence-corrected chi connectivity index (χ1v) is 10.3. The van der Waals surface area contributed by atoms with E-state index in [1.807, 2.05) is 0 Å². The lowest BCUT2D eigenvalue weighted by molar-refractivity contribution is -0.117. The van der Waals surface area contributed by atoms with Gasteiger partial charge < -0.3 is 34.0 Å². The third kappa shape index (κ3) is 5.69. The molecule has 9 nitrogen and oxygen atoms in total. The van der Waals surface area contributed by atoms with Crippen LogP contribution in [-0.2, 0) is 11.3 Å². The number of methoxy groups -OCH3 is 4. The zero-order chi connectivity index (χ0) is 24.5. The Balaban J connectivity index is 1.81. The Morgan fingerprint density at radius 2 is 1.62 bits per heavy atom.